The highest BCUT2D eigenvalue weighted by Gasteiger charge is 2.12. The molecule has 174 valence electrons. The summed E-state index contributed by atoms with van der Waals surface area (Å²) in [5, 5.41) is 0.505. The lowest BCUT2D eigenvalue weighted by Gasteiger charge is -2.04. The number of fused-ring (bicyclic) bond motifs is 2. The Bertz CT molecular complexity index is 1790. The first-order chi connectivity index (χ1) is 17.6. The van der Waals surface area contributed by atoms with Gasteiger partial charge in [-0.3, -0.25) is 9.79 Å². The molecule has 2 aromatic heterocycles. The maximum Gasteiger partial charge on any atom is 0.193 e. The number of hydrogen-bond donors (Lipinski definition) is 2. The molecule has 0 saturated heterocycles. The molecule has 6 nitrogen and oxygen atoms in total. The minimum atomic E-state index is -0.0993. The average molecular weight is 471 g/mol. The third kappa shape index (κ3) is 4.16. The van der Waals surface area contributed by atoms with Crippen LogP contribution in [0.3, 0.4) is 0 Å². The standard InChI is InChI=1S/C30H22N4O2/c31-29(32-18-19-7-3-1-4-8-19)21-11-13-24-25(16-21)34-30(33-24)22-12-14-27-23(15-22)26(35)17-28(36-27)20-9-5-2-6-10-20/h1-17H,18H2,(H2,31,32)(H,33,34). The quantitative estimate of drug-likeness (QED) is 0.242. The summed E-state index contributed by atoms with van der Waals surface area (Å²) in [6.45, 7) is 0.518. The van der Waals surface area contributed by atoms with Crippen LogP contribution < -0.4 is 11.2 Å². The van der Waals surface area contributed by atoms with Gasteiger partial charge >= 0.3 is 0 Å². The number of aromatic amines is 1. The van der Waals surface area contributed by atoms with Crippen molar-refractivity contribution in [3.05, 3.63) is 124 Å². The van der Waals surface area contributed by atoms with Crippen LogP contribution in [0.1, 0.15) is 11.1 Å². The van der Waals surface area contributed by atoms with E-state index in [2.05, 4.69) is 9.98 Å². The fraction of sp³-hybridized carbons (Fsp3) is 0.0333. The lowest BCUT2D eigenvalue weighted by molar-refractivity contribution is 0.619. The molecule has 0 amide bonds. The second kappa shape index (κ2) is 9.00. The van der Waals surface area contributed by atoms with Crippen LogP contribution in [-0.4, -0.2) is 15.8 Å². The topological polar surface area (TPSA) is 97.3 Å². The second-order valence-corrected chi connectivity index (χ2v) is 8.56. The smallest absolute Gasteiger partial charge is 0.193 e. The number of rotatable bonds is 5. The van der Waals surface area contributed by atoms with Gasteiger partial charge in [0.2, 0.25) is 0 Å². The van der Waals surface area contributed by atoms with E-state index in [1.807, 2.05) is 97.1 Å². The summed E-state index contributed by atoms with van der Waals surface area (Å²) in [6.07, 6.45) is 0. The molecule has 0 atom stereocenters. The number of nitrogens with zero attached hydrogens (tertiary/aromatic N) is 2. The number of aliphatic imine (C=N–C) groups is 1. The average Bonchev–Trinajstić information content (AvgIpc) is 3.36. The maximum absolute atomic E-state index is 12.9. The van der Waals surface area contributed by atoms with Crippen molar-refractivity contribution >= 4 is 27.8 Å². The van der Waals surface area contributed by atoms with Crippen LogP contribution in [0.25, 0.3) is 44.7 Å². The van der Waals surface area contributed by atoms with Gasteiger partial charge in [-0.15, -0.1) is 0 Å². The molecule has 0 bridgehead atoms. The predicted octanol–water partition coefficient (Wildman–Crippen LogP) is 5.91. The van der Waals surface area contributed by atoms with Gasteiger partial charge in [0.15, 0.2) is 5.43 Å². The van der Waals surface area contributed by atoms with Crippen molar-refractivity contribution in [1.82, 2.24) is 9.97 Å². The van der Waals surface area contributed by atoms with Crippen molar-refractivity contribution in [3.63, 3.8) is 0 Å². The zero-order valence-corrected chi connectivity index (χ0v) is 19.3. The summed E-state index contributed by atoms with van der Waals surface area (Å²) in [5.41, 5.74) is 11.9. The van der Waals surface area contributed by atoms with E-state index in [4.69, 9.17) is 15.1 Å². The van der Waals surface area contributed by atoms with Crippen LogP contribution in [0.5, 0.6) is 0 Å². The molecule has 6 heteroatoms. The first-order valence-electron chi connectivity index (χ1n) is 11.6. The first kappa shape index (κ1) is 21.6. The molecular weight excluding hydrogens is 448 g/mol. The number of nitrogens with one attached hydrogen (secondary N) is 1. The molecule has 0 saturated carbocycles. The van der Waals surface area contributed by atoms with Gasteiger partial charge in [0.1, 0.15) is 23.0 Å². The maximum atomic E-state index is 12.9. The van der Waals surface area contributed by atoms with E-state index in [1.54, 1.807) is 0 Å². The summed E-state index contributed by atoms with van der Waals surface area (Å²) in [4.78, 5) is 25.5. The van der Waals surface area contributed by atoms with Gasteiger partial charge in [-0.1, -0.05) is 60.7 Å². The highest BCUT2D eigenvalue weighted by atomic mass is 16.3. The molecule has 0 spiro atoms. The van der Waals surface area contributed by atoms with Crippen LogP contribution in [0.15, 0.2) is 117 Å². The van der Waals surface area contributed by atoms with E-state index in [1.165, 1.54) is 6.07 Å². The second-order valence-electron chi connectivity index (χ2n) is 8.56. The van der Waals surface area contributed by atoms with Gasteiger partial charge in [0, 0.05) is 22.8 Å². The number of benzene rings is 4. The van der Waals surface area contributed by atoms with Gasteiger partial charge in [-0.2, -0.15) is 0 Å². The normalized spacial score (nSPS) is 11.8. The van der Waals surface area contributed by atoms with Crippen LogP contribution in [0.4, 0.5) is 0 Å². The lowest BCUT2D eigenvalue weighted by atomic mass is 10.1. The molecule has 0 aliphatic rings. The molecular formula is C30H22N4O2. The van der Waals surface area contributed by atoms with E-state index >= 15 is 0 Å². The molecule has 0 aliphatic heterocycles. The number of aromatic nitrogens is 2. The Morgan fingerprint density at radius 3 is 2.44 bits per heavy atom. The highest BCUT2D eigenvalue weighted by molar-refractivity contribution is 6.00. The summed E-state index contributed by atoms with van der Waals surface area (Å²) < 4.78 is 6.02. The molecule has 0 fully saturated rings. The van der Waals surface area contributed by atoms with Crippen LogP contribution in [0, 0.1) is 0 Å². The predicted molar refractivity (Wildman–Crippen MR) is 144 cm³/mol. The molecule has 3 N–H and O–H groups in total. The molecule has 36 heavy (non-hydrogen) atoms. The Hall–Kier alpha value is -4.97. The van der Waals surface area contributed by atoms with E-state index < -0.39 is 0 Å². The van der Waals surface area contributed by atoms with Crippen molar-refractivity contribution in [2.24, 2.45) is 10.7 Å². The molecule has 0 aliphatic carbocycles. The van der Waals surface area contributed by atoms with Crippen LogP contribution >= 0.6 is 0 Å². The van der Waals surface area contributed by atoms with Crippen LogP contribution in [0.2, 0.25) is 0 Å². The minimum absolute atomic E-state index is 0.0993. The lowest BCUT2D eigenvalue weighted by Crippen LogP contribution is -2.13. The Morgan fingerprint density at radius 1 is 0.861 bits per heavy atom. The Labute approximate surface area is 206 Å². The van der Waals surface area contributed by atoms with E-state index in [-0.39, 0.29) is 5.43 Å². The SMILES string of the molecule is NC(=NCc1ccccc1)c1ccc2nc(-c3ccc4oc(-c5ccccc5)cc(=O)c4c3)[nH]c2c1. The fourth-order valence-corrected chi connectivity index (χ4v) is 4.21. The molecule has 0 unspecified atom stereocenters. The van der Waals surface area contributed by atoms with E-state index in [9.17, 15) is 4.79 Å². The molecule has 0 radical (unpaired) electrons. The minimum Gasteiger partial charge on any atom is -0.456 e. The first-order valence-corrected chi connectivity index (χ1v) is 11.6. The summed E-state index contributed by atoms with van der Waals surface area (Å²) in [7, 11) is 0. The number of nitrogens with two attached hydrogens (primary N) is 1. The zero-order valence-electron chi connectivity index (χ0n) is 19.3. The van der Waals surface area contributed by atoms with Crippen LogP contribution in [-0.2, 0) is 6.54 Å². The van der Waals surface area contributed by atoms with Gasteiger partial charge in [-0.25, -0.2) is 4.98 Å². The van der Waals surface area contributed by atoms with E-state index in [0.29, 0.717) is 34.9 Å². The Balaban J connectivity index is 1.32. The van der Waals surface area contributed by atoms with Crippen molar-refractivity contribution in [1.29, 1.82) is 0 Å². The Kier molecular flexibility index (Phi) is 5.39. The largest absolute Gasteiger partial charge is 0.456 e. The summed E-state index contributed by atoms with van der Waals surface area (Å²) >= 11 is 0. The fourth-order valence-electron chi connectivity index (χ4n) is 4.21. The van der Waals surface area contributed by atoms with E-state index in [0.717, 1.165) is 33.3 Å². The van der Waals surface area contributed by atoms with Crippen molar-refractivity contribution in [2.45, 2.75) is 6.54 Å². The summed E-state index contributed by atoms with van der Waals surface area (Å²) in [5.74, 6) is 1.67. The van der Waals surface area contributed by atoms with Gasteiger partial charge in [0.25, 0.3) is 0 Å². The molecule has 6 aromatic rings. The molecule has 2 heterocycles. The van der Waals surface area contributed by atoms with Gasteiger partial charge in [0.05, 0.1) is 23.0 Å². The van der Waals surface area contributed by atoms with Crippen molar-refractivity contribution < 1.29 is 4.42 Å². The summed E-state index contributed by atoms with van der Waals surface area (Å²) in [6, 6.07) is 32.4. The number of imidazole rings is 1. The number of hydrogen-bond acceptors (Lipinski definition) is 4. The van der Waals surface area contributed by atoms with Crippen molar-refractivity contribution in [2.75, 3.05) is 0 Å². The zero-order chi connectivity index (χ0) is 24.5. The highest BCUT2D eigenvalue weighted by Crippen LogP contribution is 2.27. The van der Waals surface area contributed by atoms with Gasteiger partial charge < -0.3 is 15.1 Å². The van der Waals surface area contributed by atoms with Crippen molar-refractivity contribution in [3.8, 4) is 22.7 Å². The molecule has 4 aromatic carbocycles. The Morgan fingerprint density at radius 2 is 1.64 bits per heavy atom. The van der Waals surface area contributed by atoms with Gasteiger partial charge in [-0.05, 0) is 42.0 Å². The number of H-pyrrole nitrogens is 1. The third-order valence-electron chi connectivity index (χ3n) is 6.11. The third-order valence-corrected chi connectivity index (χ3v) is 6.11. The number of amidine groups is 1. The molecule has 6 rings (SSSR count). The monoisotopic (exact) mass is 470 g/mol.